The number of hydrogen-bond donors (Lipinski definition) is 1. The van der Waals surface area contributed by atoms with Crippen LogP contribution in [0.5, 0.6) is 0 Å². The number of benzene rings is 2. The number of hydrogen-bond acceptors (Lipinski definition) is 4. The summed E-state index contributed by atoms with van der Waals surface area (Å²) < 4.78 is 5.71. The Morgan fingerprint density at radius 3 is 2.34 bits per heavy atom. The minimum atomic E-state index is -0.756. The molecule has 3 aliphatic heterocycles. The van der Waals surface area contributed by atoms with Gasteiger partial charge >= 0.3 is 6.03 Å². The molecule has 6 nitrogen and oxygen atoms in total. The average molecular weight is 476 g/mol. The quantitative estimate of drug-likeness (QED) is 0.555. The number of rotatable bonds is 8. The van der Waals surface area contributed by atoms with E-state index in [1.165, 1.54) is 21.6 Å². The number of nitrogens with one attached hydrogen (secondary N) is 1. The van der Waals surface area contributed by atoms with Crippen molar-refractivity contribution < 1.29 is 14.3 Å². The van der Waals surface area contributed by atoms with E-state index in [2.05, 4.69) is 65.7 Å². The number of piperidine rings is 1. The highest BCUT2D eigenvalue weighted by Gasteiger charge is 2.55. The van der Waals surface area contributed by atoms with Gasteiger partial charge in [-0.2, -0.15) is 0 Å². The molecule has 6 heteroatoms. The monoisotopic (exact) mass is 475 g/mol. The van der Waals surface area contributed by atoms with Crippen LogP contribution in [0.1, 0.15) is 51.0 Å². The van der Waals surface area contributed by atoms with Crippen LogP contribution >= 0.6 is 0 Å². The van der Waals surface area contributed by atoms with Gasteiger partial charge in [-0.3, -0.25) is 14.6 Å². The number of imide groups is 1. The van der Waals surface area contributed by atoms with E-state index in [4.69, 9.17) is 4.74 Å². The molecule has 35 heavy (non-hydrogen) atoms. The minimum absolute atomic E-state index is 0.0164. The summed E-state index contributed by atoms with van der Waals surface area (Å²) in [6.07, 6.45) is 5.31. The Kier molecular flexibility index (Phi) is 7.21. The predicted octanol–water partition coefficient (Wildman–Crippen LogP) is 4.84. The topological polar surface area (TPSA) is 61.9 Å². The Labute approximate surface area is 208 Å². The lowest BCUT2D eigenvalue weighted by Crippen LogP contribution is -2.56. The summed E-state index contributed by atoms with van der Waals surface area (Å²) in [5, 5.41) is 3.16. The van der Waals surface area contributed by atoms with Gasteiger partial charge in [-0.25, -0.2) is 4.79 Å². The molecule has 1 N–H and O–H groups in total. The first kappa shape index (κ1) is 24.0. The summed E-state index contributed by atoms with van der Waals surface area (Å²) in [6, 6.07) is 19.0. The molecular weight excluding hydrogens is 438 g/mol. The second-order valence-corrected chi connectivity index (χ2v) is 10.3. The fourth-order valence-corrected chi connectivity index (χ4v) is 6.12. The number of urea groups is 1. The van der Waals surface area contributed by atoms with E-state index < -0.39 is 5.54 Å². The summed E-state index contributed by atoms with van der Waals surface area (Å²) in [5.41, 5.74) is 3.02. The maximum absolute atomic E-state index is 13.6. The van der Waals surface area contributed by atoms with E-state index >= 15 is 0 Å². The zero-order valence-electron chi connectivity index (χ0n) is 20.7. The minimum Gasteiger partial charge on any atom is -0.376 e. The lowest BCUT2D eigenvalue weighted by molar-refractivity contribution is -0.135. The molecule has 0 spiro atoms. The van der Waals surface area contributed by atoms with Crippen LogP contribution in [0.4, 0.5) is 4.79 Å². The zero-order valence-corrected chi connectivity index (χ0v) is 20.7. The van der Waals surface area contributed by atoms with Crippen molar-refractivity contribution in [3.63, 3.8) is 0 Å². The molecule has 3 saturated heterocycles. The lowest BCUT2D eigenvalue weighted by atomic mass is 9.74. The van der Waals surface area contributed by atoms with E-state index in [0.29, 0.717) is 13.0 Å². The molecule has 3 amide bonds. The van der Waals surface area contributed by atoms with Gasteiger partial charge in [0.05, 0.1) is 12.6 Å². The molecule has 0 bridgehead atoms. The van der Waals surface area contributed by atoms with Crippen molar-refractivity contribution in [2.45, 2.75) is 63.6 Å². The van der Waals surface area contributed by atoms with Crippen molar-refractivity contribution in [1.29, 1.82) is 0 Å². The number of ether oxygens (including phenoxy) is 1. The van der Waals surface area contributed by atoms with Gasteiger partial charge in [-0.1, -0.05) is 67.9 Å². The maximum Gasteiger partial charge on any atom is 0.325 e. The number of amides is 3. The fraction of sp³-hybridized carbons (Fsp3) is 0.517. The zero-order chi connectivity index (χ0) is 24.3. The molecule has 0 aliphatic carbocycles. The van der Waals surface area contributed by atoms with E-state index in [1.807, 2.05) is 6.07 Å². The van der Waals surface area contributed by atoms with E-state index in [0.717, 1.165) is 58.3 Å². The van der Waals surface area contributed by atoms with Crippen LogP contribution < -0.4 is 5.32 Å². The van der Waals surface area contributed by atoms with Crippen molar-refractivity contribution in [1.82, 2.24) is 15.1 Å². The smallest absolute Gasteiger partial charge is 0.325 e. The summed E-state index contributed by atoms with van der Waals surface area (Å²) in [5.74, 6) is 0.139. The largest absolute Gasteiger partial charge is 0.376 e. The third-order valence-corrected chi connectivity index (χ3v) is 8.01. The van der Waals surface area contributed by atoms with Crippen molar-refractivity contribution in [2.75, 3.05) is 26.2 Å². The molecule has 2 atom stereocenters. The Morgan fingerprint density at radius 2 is 1.69 bits per heavy atom. The van der Waals surface area contributed by atoms with Crippen LogP contribution in [0.25, 0.3) is 11.1 Å². The Bertz CT molecular complexity index is 1010. The van der Waals surface area contributed by atoms with Crippen LogP contribution in [0.3, 0.4) is 0 Å². The third kappa shape index (κ3) is 5.00. The van der Waals surface area contributed by atoms with Crippen molar-refractivity contribution in [3.8, 4) is 11.1 Å². The van der Waals surface area contributed by atoms with Gasteiger partial charge in [-0.05, 0) is 67.8 Å². The van der Waals surface area contributed by atoms with Gasteiger partial charge < -0.3 is 10.1 Å². The molecule has 2 unspecified atom stereocenters. The molecule has 0 aromatic heterocycles. The Morgan fingerprint density at radius 1 is 0.971 bits per heavy atom. The molecule has 3 heterocycles. The van der Waals surface area contributed by atoms with Crippen LogP contribution in [-0.2, 0) is 16.1 Å². The van der Waals surface area contributed by atoms with Crippen LogP contribution in [0, 0.1) is 5.92 Å². The molecule has 3 aliphatic rings. The van der Waals surface area contributed by atoms with Gasteiger partial charge in [0.15, 0.2) is 0 Å². The van der Waals surface area contributed by atoms with Gasteiger partial charge in [0.2, 0.25) is 0 Å². The third-order valence-electron chi connectivity index (χ3n) is 8.01. The highest BCUT2D eigenvalue weighted by Crippen LogP contribution is 2.38. The van der Waals surface area contributed by atoms with E-state index in [9.17, 15) is 9.59 Å². The second kappa shape index (κ2) is 10.5. The first-order valence-corrected chi connectivity index (χ1v) is 13.2. The van der Waals surface area contributed by atoms with Gasteiger partial charge in [0, 0.05) is 13.2 Å². The lowest BCUT2D eigenvalue weighted by Gasteiger charge is -2.41. The van der Waals surface area contributed by atoms with Crippen LogP contribution in [-0.4, -0.2) is 59.6 Å². The summed E-state index contributed by atoms with van der Waals surface area (Å²) in [6.45, 7) is 5.99. The fourth-order valence-electron chi connectivity index (χ4n) is 6.12. The number of nitrogens with zero attached hydrogens (tertiary/aromatic N) is 2. The number of carbonyl (C=O) groups is 2. The van der Waals surface area contributed by atoms with E-state index in [-0.39, 0.29) is 24.0 Å². The first-order valence-electron chi connectivity index (χ1n) is 13.2. The number of likely N-dealkylation sites (tertiary alicyclic amines) is 1. The van der Waals surface area contributed by atoms with Gasteiger partial charge in [-0.15, -0.1) is 0 Å². The molecule has 0 radical (unpaired) electrons. The molecule has 0 saturated carbocycles. The Hall–Kier alpha value is -2.70. The van der Waals surface area contributed by atoms with Gasteiger partial charge in [0.25, 0.3) is 5.91 Å². The summed E-state index contributed by atoms with van der Waals surface area (Å²) in [4.78, 5) is 30.4. The van der Waals surface area contributed by atoms with Crippen molar-refractivity contribution >= 4 is 11.9 Å². The van der Waals surface area contributed by atoms with Crippen molar-refractivity contribution in [2.24, 2.45) is 5.92 Å². The molecular formula is C29H37N3O3. The second-order valence-electron chi connectivity index (χ2n) is 10.3. The highest BCUT2D eigenvalue weighted by atomic mass is 16.5. The number of carbonyl (C=O) groups excluding carboxylic acids is 2. The standard InChI is InChI=1S/C29H37N3O3/c1-2-16-29(27(33)32(28(34)30-29)21-26-9-6-19-35-26)25-14-17-31(18-15-25)20-22-10-12-24(13-11-22)23-7-4-3-5-8-23/h3-5,7-8,10-13,25-26H,2,6,9,14-21H2,1H3,(H,30,34). The highest BCUT2D eigenvalue weighted by molar-refractivity contribution is 6.07. The summed E-state index contributed by atoms with van der Waals surface area (Å²) in [7, 11) is 0. The van der Waals surface area contributed by atoms with Crippen LogP contribution in [0.15, 0.2) is 54.6 Å². The SMILES string of the molecule is CCCC1(C2CCN(Cc3ccc(-c4ccccc4)cc3)CC2)NC(=O)N(CC2CCCO2)C1=O. The normalized spacial score (nSPS) is 25.9. The predicted molar refractivity (Wildman–Crippen MR) is 137 cm³/mol. The van der Waals surface area contributed by atoms with Gasteiger partial charge in [0.1, 0.15) is 5.54 Å². The first-order chi connectivity index (χ1) is 17.1. The average Bonchev–Trinajstić information content (AvgIpc) is 3.49. The molecule has 186 valence electrons. The molecule has 3 fully saturated rings. The molecule has 5 rings (SSSR count). The molecule has 2 aromatic carbocycles. The van der Waals surface area contributed by atoms with Crippen molar-refractivity contribution in [3.05, 3.63) is 60.2 Å². The maximum atomic E-state index is 13.6. The Balaban J connectivity index is 1.20. The summed E-state index contributed by atoms with van der Waals surface area (Å²) >= 11 is 0. The molecule has 2 aromatic rings. The van der Waals surface area contributed by atoms with Crippen LogP contribution in [0.2, 0.25) is 0 Å². The van der Waals surface area contributed by atoms with E-state index in [1.54, 1.807) is 0 Å².